The highest BCUT2D eigenvalue weighted by atomic mass is 15.3. The number of rotatable bonds is 5. The number of piperazine rings is 1. The molecule has 0 N–H and O–H groups in total. The van der Waals surface area contributed by atoms with Gasteiger partial charge in [0.25, 0.3) is 0 Å². The zero-order valence-corrected chi connectivity index (χ0v) is 18.4. The first-order chi connectivity index (χ1) is 13.5. The van der Waals surface area contributed by atoms with Crippen molar-refractivity contribution in [3.63, 3.8) is 0 Å². The predicted octanol–water partition coefficient (Wildman–Crippen LogP) is 5.13. The van der Waals surface area contributed by atoms with Crippen LogP contribution in [-0.4, -0.2) is 47.6 Å². The standard InChI is InChI=1S/C24H40N4/c1-24(2,3)23-25-21(20-10-7-11-20)18-22(26-23)28-16-14-27(15-17-28)13-12-19-8-5-4-6-9-19/h18-20H,4-17H2,1-3H3. The van der Waals surface area contributed by atoms with Gasteiger partial charge >= 0.3 is 0 Å². The number of hydrogen-bond donors (Lipinski definition) is 0. The molecule has 2 heterocycles. The van der Waals surface area contributed by atoms with Gasteiger partial charge in [-0.2, -0.15) is 0 Å². The molecule has 3 fully saturated rings. The van der Waals surface area contributed by atoms with E-state index in [9.17, 15) is 0 Å². The van der Waals surface area contributed by atoms with E-state index in [2.05, 4.69) is 36.6 Å². The number of anilines is 1. The van der Waals surface area contributed by atoms with Crippen molar-refractivity contribution in [3.8, 4) is 0 Å². The lowest BCUT2D eigenvalue weighted by Gasteiger charge is -2.37. The van der Waals surface area contributed by atoms with Crippen molar-refractivity contribution in [1.29, 1.82) is 0 Å². The third-order valence-electron chi connectivity index (χ3n) is 7.20. The summed E-state index contributed by atoms with van der Waals surface area (Å²) in [6.45, 7) is 12.6. The van der Waals surface area contributed by atoms with Crippen molar-refractivity contribution in [2.45, 2.75) is 89.9 Å². The molecule has 0 spiro atoms. The molecule has 0 bridgehead atoms. The molecular weight excluding hydrogens is 344 g/mol. The van der Waals surface area contributed by atoms with E-state index in [0.29, 0.717) is 5.92 Å². The van der Waals surface area contributed by atoms with Gasteiger partial charge in [0.15, 0.2) is 0 Å². The van der Waals surface area contributed by atoms with E-state index in [-0.39, 0.29) is 5.41 Å². The molecule has 4 rings (SSSR count). The second-order valence-corrected chi connectivity index (χ2v) is 10.5. The SMILES string of the molecule is CC(C)(C)c1nc(C2CCC2)cc(N2CCN(CCC3CCCCC3)CC2)n1. The molecule has 1 aromatic rings. The highest BCUT2D eigenvalue weighted by Gasteiger charge is 2.27. The minimum absolute atomic E-state index is 0.0102. The van der Waals surface area contributed by atoms with E-state index >= 15 is 0 Å². The van der Waals surface area contributed by atoms with Gasteiger partial charge in [0, 0.05) is 49.3 Å². The van der Waals surface area contributed by atoms with Crippen LogP contribution in [0.3, 0.4) is 0 Å². The van der Waals surface area contributed by atoms with Gasteiger partial charge < -0.3 is 4.90 Å². The van der Waals surface area contributed by atoms with Crippen LogP contribution in [0.25, 0.3) is 0 Å². The minimum Gasteiger partial charge on any atom is -0.354 e. The summed E-state index contributed by atoms with van der Waals surface area (Å²) in [7, 11) is 0. The van der Waals surface area contributed by atoms with Gasteiger partial charge in [-0.05, 0) is 31.7 Å². The fraction of sp³-hybridized carbons (Fsp3) is 0.833. The Labute approximate surface area is 172 Å². The molecule has 28 heavy (non-hydrogen) atoms. The first kappa shape index (κ1) is 20.1. The average molecular weight is 385 g/mol. The van der Waals surface area contributed by atoms with Crippen LogP contribution in [0.1, 0.15) is 96.0 Å². The van der Waals surface area contributed by atoms with Crippen molar-refractivity contribution in [2.24, 2.45) is 5.92 Å². The van der Waals surface area contributed by atoms with Gasteiger partial charge in [0.05, 0.1) is 0 Å². The molecule has 0 radical (unpaired) electrons. The van der Waals surface area contributed by atoms with E-state index in [1.165, 1.54) is 88.9 Å². The topological polar surface area (TPSA) is 32.3 Å². The highest BCUT2D eigenvalue weighted by molar-refractivity contribution is 5.42. The fourth-order valence-corrected chi connectivity index (χ4v) is 4.90. The Hall–Kier alpha value is -1.16. The smallest absolute Gasteiger partial charge is 0.136 e. The zero-order valence-electron chi connectivity index (χ0n) is 18.4. The molecule has 1 aromatic heterocycles. The first-order valence-electron chi connectivity index (χ1n) is 11.9. The third-order valence-corrected chi connectivity index (χ3v) is 7.20. The summed E-state index contributed by atoms with van der Waals surface area (Å²) in [6.07, 6.45) is 12.7. The summed E-state index contributed by atoms with van der Waals surface area (Å²) >= 11 is 0. The van der Waals surface area contributed by atoms with E-state index in [1.807, 2.05) is 0 Å². The van der Waals surface area contributed by atoms with Crippen molar-refractivity contribution in [2.75, 3.05) is 37.6 Å². The lowest BCUT2D eigenvalue weighted by molar-refractivity contribution is 0.221. The van der Waals surface area contributed by atoms with Crippen LogP contribution >= 0.6 is 0 Å². The Morgan fingerprint density at radius 2 is 1.61 bits per heavy atom. The lowest BCUT2D eigenvalue weighted by atomic mass is 9.82. The molecule has 0 atom stereocenters. The van der Waals surface area contributed by atoms with E-state index in [4.69, 9.17) is 9.97 Å². The van der Waals surface area contributed by atoms with Crippen LogP contribution in [0.4, 0.5) is 5.82 Å². The molecule has 1 aliphatic heterocycles. The Bertz CT molecular complexity index is 632. The van der Waals surface area contributed by atoms with Crippen LogP contribution in [0.5, 0.6) is 0 Å². The monoisotopic (exact) mass is 384 g/mol. The van der Waals surface area contributed by atoms with Crippen LogP contribution in [0.2, 0.25) is 0 Å². The van der Waals surface area contributed by atoms with Gasteiger partial charge in [0.1, 0.15) is 11.6 Å². The number of hydrogen-bond acceptors (Lipinski definition) is 4. The van der Waals surface area contributed by atoms with Crippen molar-refractivity contribution < 1.29 is 0 Å². The lowest BCUT2D eigenvalue weighted by Crippen LogP contribution is -2.47. The maximum Gasteiger partial charge on any atom is 0.136 e. The highest BCUT2D eigenvalue weighted by Crippen LogP contribution is 2.37. The Kier molecular flexibility index (Phi) is 6.24. The summed E-state index contributed by atoms with van der Waals surface area (Å²) in [4.78, 5) is 15.2. The molecule has 156 valence electrons. The summed E-state index contributed by atoms with van der Waals surface area (Å²) in [5.74, 6) is 3.85. The summed E-state index contributed by atoms with van der Waals surface area (Å²) in [5, 5.41) is 0. The molecular formula is C24H40N4. The van der Waals surface area contributed by atoms with Crippen molar-refractivity contribution in [1.82, 2.24) is 14.9 Å². The Balaban J connectivity index is 1.36. The van der Waals surface area contributed by atoms with Gasteiger partial charge in [-0.1, -0.05) is 59.3 Å². The zero-order chi connectivity index (χ0) is 19.6. The molecule has 2 aliphatic carbocycles. The van der Waals surface area contributed by atoms with Crippen LogP contribution in [0.15, 0.2) is 6.07 Å². The Morgan fingerprint density at radius 1 is 0.893 bits per heavy atom. The molecule has 4 heteroatoms. The van der Waals surface area contributed by atoms with E-state index < -0.39 is 0 Å². The van der Waals surface area contributed by atoms with Gasteiger partial charge in [-0.25, -0.2) is 9.97 Å². The van der Waals surface area contributed by atoms with Crippen LogP contribution in [-0.2, 0) is 5.41 Å². The second-order valence-electron chi connectivity index (χ2n) is 10.5. The quantitative estimate of drug-likeness (QED) is 0.704. The fourth-order valence-electron chi connectivity index (χ4n) is 4.90. The molecule has 0 unspecified atom stereocenters. The van der Waals surface area contributed by atoms with Crippen LogP contribution in [0, 0.1) is 5.92 Å². The van der Waals surface area contributed by atoms with Crippen molar-refractivity contribution >= 4 is 5.82 Å². The third kappa shape index (κ3) is 4.87. The molecule has 3 aliphatic rings. The van der Waals surface area contributed by atoms with Gasteiger partial charge in [0.2, 0.25) is 0 Å². The maximum absolute atomic E-state index is 5.01. The molecule has 1 saturated heterocycles. The van der Waals surface area contributed by atoms with E-state index in [1.54, 1.807) is 0 Å². The van der Waals surface area contributed by atoms with Crippen LogP contribution < -0.4 is 4.90 Å². The second kappa shape index (κ2) is 8.69. The molecule has 0 amide bonds. The number of nitrogens with zero attached hydrogens (tertiary/aromatic N) is 4. The largest absolute Gasteiger partial charge is 0.354 e. The predicted molar refractivity (Wildman–Crippen MR) is 117 cm³/mol. The molecule has 4 nitrogen and oxygen atoms in total. The summed E-state index contributed by atoms with van der Waals surface area (Å²) in [6, 6.07) is 2.30. The normalized spacial score (nSPS) is 23.0. The number of aromatic nitrogens is 2. The minimum atomic E-state index is 0.0102. The van der Waals surface area contributed by atoms with E-state index in [0.717, 1.165) is 24.8 Å². The average Bonchev–Trinajstić information content (AvgIpc) is 2.65. The summed E-state index contributed by atoms with van der Waals surface area (Å²) in [5.41, 5.74) is 1.30. The van der Waals surface area contributed by atoms with Gasteiger partial charge in [-0.3, -0.25) is 4.90 Å². The first-order valence-corrected chi connectivity index (χ1v) is 11.9. The molecule has 0 aromatic carbocycles. The van der Waals surface area contributed by atoms with Crippen molar-refractivity contribution in [3.05, 3.63) is 17.6 Å². The van der Waals surface area contributed by atoms with Gasteiger partial charge in [-0.15, -0.1) is 0 Å². The maximum atomic E-state index is 5.01. The Morgan fingerprint density at radius 3 is 2.21 bits per heavy atom. The summed E-state index contributed by atoms with van der Waals surface area (Å²) < 4.78 is 0. The molecule has 2 saturated carbocycles.